The molecule has 1 aliphatic heterocycles. The normalized spacial score (nSPS) is 22.4. The molecule has 2 rings (SSSR count). The minimum Gasteiger partial charge on any atom is -0.375 e. The third kappa shape index (κ3) is 4.46. The summed E-state index contributed by atoms with van der Waals surface area (Å²) in [6.07, 6.45) is 0.811. The molecule has 1 N–H and O–H groups in total. The number of hydrogen-bond acceptors (Lipinski definition) is 3. The lowest BCUT2D eigenvalue weighted by Gasteiger charge is -2.38. The van der Waals surface area contributed by atoms with Crippen molar-refractivity contribution in [3.63, 3.8) is 0 Å². The number of carbonyl (C=O) groups is 1. The van der Waals surface area contributed by atoms with Crippen LogP contribution in [0.5, 0.6) is 0 Å². The highest BCUT2D eigenvalue weighted by Gasteiger charge is 2.23. The summed E-state index contributed by atoms with van der Waals surface area (Å²) in [6, 6.07) is 8.46. The largest absolute Gasteiger partial charge is 0.375 e. The first-order valence-corrected chi connectivity index (χ1v) is 7.74. The van der Waals surface area contributed by atoms with Gasteiger partial charge in [-0.2, -0.15) is 0 Å². The van der Waals surface area contributed by atoms with Crippen LogP contribution >= 0.6 is 0 Å². The Hall–Kier alpha value is -1.55. The van der Waals surface area contributed by atoms with Crippen LogP contribution < -0.4 is 10.2 Å². The summed E-state index contributed by atoms with van der Waals surface area (Å²) in [7, 11) is 0. The summed E-state index contributed by atoms with van der Waals surface area (Å²) < 4.78 is 5.66. The van der Waals surface area contributed by atoms with Gasteiger partial charge < -0.3 is 15.0 Å². The fourth-order valence-electron chi connectivity index (χ4n) is 2.58. The zero-order chi connectivity index (χ0) is 15.4. The van der Waals surface area contributed by atoms with Gasteiger partial charge in [-0.15, -0.1) is 0 Å². The molecule has 1 aromatic carbocycles. The highest BCUT2D eigenvalue weighted by Crippen LogP contribution is 2.23. The SMILES string of the molecule is CC(C)CC(=O)Nc1ccc(N2CC(C)OCC2C)cc1. The molecule has 0 aliphatic carbocycles. The smallest absolute Gasteiger partial charge is 0.224 e. The summed E-state index contributed by atoms with van der Waals surface area (Å²) in [5.74, 6) is 0.450. The van der Waals surface area contributed by atoms with Crippen LogP contribution in [0.25, 0.3) is 0 Å². The second-order valence-corrected chi connectivity index (χ2v) is 6.34. The maximum atomic E-state index is 11.8. The van der Waals surface area contributed by atoms with E-state index < -0.39 is 0 Å². The average Bonchev–Trinajstić information content (AvgIpc) is 2.41. The molecule has 0 radical (unpaired) electrons. The van der Waals surface area contributed by atoms with Crippen LogP contribution in [0.1, 0.15) is 34.1 Å². The number of amides is 1. The monoisotopic (exact) mass is 290 g/mol. The lowest BCUT2D eigenvalue weighted by Crippen LogP contribution is -2.47. The van der Waals surface area contributed by atoms with Crippen LogP contribution in [-0.4, -0.2) is 31.2 Å². The van der Waals surface area contributed by atoms with Gasteiger partial charge in [0.05, 0.1) is 12.7 Å². The number of anilines is 2. The van der Waals surface area contributed by atoms with Crippen LogP contribution in [0.4, 0.5) is 11.4 Å². The lowest BCUT2D eigenvalue weighted by atomic mass is 10.1. The van der Waals surface area contributed by atoms with E-state index in [0.717, 1.165) is 18.8 Å². The van der Waals surface area contributed by atoms with E-state index in [4.69, 9.17) is 4.74 Å². The summed E-state index contributed by atoms with van der Waals surface area (Å²) in [4.78, 5) is 14.1. The van der Waals surface area contributed by atoms with Crippen LogP contribution in [0, 0.1) is 5.92 Å². The molecule has 2 unspecified atom stereocenters. The molecule has 21 heavy (non-hydrogen) atoms. The molecule has 4 nitrogen and oxygen atoms in total. The van der Waals surface area contributed by atoms with E-state index in [-0.39, 0.29) is 12.0 Å². The van der Waals surface area contributed by atoms with Gasteiger partial charge in [0.1, 0.15) is 0 Å². The summed E-state index contributed by atoms with van der Waals surface area (Å²) in [5.41, 5.74) is 2.04. The van der Waals surface area contributed by atoms with Crippen molar-refractivity contribution in [3.8, 4) is 0 Å². The van der Waals surface area contributed by atoms with E-state index in [1.807, 2.05) is 26.0 Å². The van der Waals surface area contributed by atoms with E-state index >= 15 is 0 Å². The van der Waals surface area contributed by atoms with Gasteiger partial charge in [-0.3, -0.25) is 4.79 Å². The molecule has 1 aromatic rings. The molecule has 0 spiro atoms. The quantitative estimate of drug-likeness (QED) is 0.925. The van der Waals surface area contributed by atoms with Crippen LogP contribution in [0.2, 0.25) is 0 Å². The highest BCUT2D eigenvalue weighted by atomic mass is 16.5. The predicted octanol–water partition coefficient (Wildman–Crippen LogP) is 3.28. The van der Waals surface area contributed by atoms with Gasteiger partial charge in [0.15, 0.2) is 0 Å². The van der Waals surface area contributed by atoms with Crippen molar-refractivity contribution in [2.45, 2.75) is 46.3 Å². The van der Waals surface area contributed by atoms with Crippen molar-refractivity contribution in [1.82, 2.24) is 0 Å². The van der Waals surface area contributed by atoms with Crippen molar-refractivity contribution < 1.29 is 9.53 Å². The Morgan fingerprint density at radius 3 is 2.62 bits per heavy atom. The van der Waals surface area contributed by atoms with Crippen molar-refractivity contribution >= 4 is 17.3 Å². The van der Waals surface area contributed by atoms with Crippen LogP contribution in [0.3, 0.4) is 0 Å². The Balaban J connectivity index is 1.99. The maximum absolute atomic E-state index is 11.8. The number of benzene rings is 1. The third-order valence-corrected chi connectivity index (χ3v) is 3.68. The summed E-state index contributed by atoms with van der Waals surface area (Å²) >= 11 is 0. The molecular weight excluding hydrogens is 264 g/mol. The van der Waals surface area contributed by atoms with Gasteiger partial charge in [-0.1, -0.05) is 13.8 Å². The fourth-order valence-corrected chi connectivity index (χ4v) is 2.58. The number of ether oxygens (including phenoxy) is 1. The number of nitrogens with zero attached hydrogens (tertiary/aromatic N) is 1. The molecule has 0 aromatic heterocycles. The van der Waals surface area contributed by atoms with Gasteiger partial charge >= 0.3 is 0 Å². The first-order valence-electron chi connectivity index (χ1n) is 7.74. The van der Waals surface area contributed by atoms with Gasteiger partial charge in [0.25, 0.3) is 0 Å². The van der Waals surface area contributed by atoms with Gasteiger partial charge in [-0.25, -0.2) is 0 Å². The molecule has 1 amide bonds. The minimum atomic E-state index is 0.0751. The first kappa shape index (κ1) is 15.8. The van der Waals surface area contributed by atoms with E-state index in [9.17, 15) is 4.79 Å². The highest BCUT2D eigenvalue weighted by molar-refractivity contribution is 5.91. The van der Waals surface area contributed by atoms with E-state index in [1.165, 1.54) is 5.69 Å². The molecule has 1 heterocycles. The number of rotatable bonds is 4. The average molecular weight is 290 g/mol. The second-order valence-electron chi connectivity index (χ2n) is 6.34. The van der Waals surface area contributed by atoms with Crippen molar-refractivity contribution in [3.05, 3.63) is 24.3 Å². The zero-order valence-corrected chi connectivity index (χ0v) is 13.4. The Kier molecular flexibility index (Phi) is 5.23. The molecular formula is C17H26N2O2. The number of nitrogens with one attached hydrogen (secondary N) is 1. The Labute approximate surface area is 127 Å². The molecule has 0 bridgehead atoms. The van der Waals surface area contributed by atoms with Gasteiger partial charge in [0.2, 0.25) is 5.91 Å². The van der Waals surface area contributed by atoms with E-state index in [1.54, 1.807) is 0 Å². The standard InChI is InChI=1S/C17H26N2O2/c1-12(2)9-17(20)18-15-5-7-16(8-6-15)19-10-14(4)21-11-13(19)3/h5-8,12-14H,9-11H2,1-4H3,(H,18,20). The molecule has 116 valence electrons. The maximum Gasteiger partial charge on any atom is 0.224 e. The number of hydrogen-bond donors (Lipinski definition) is 1. The van der Waals surface area contributed by atoms with Crippen molar-refractivity contribution in [2.24, 2.45) is 5.92 Å². The summed E-state index contributed by atoms with van der Waals surface area (Å²) in [6.45, 7) is 10.0. The lowest BCUT2D eigenvalue weighted by molar-refractivity contribution is -0.116. The predicted molar refractivity (Wildman–Crippen MR) is 86.7 cm³/mol. The zero-order valence-electron chi connectivity index (χ0n) is 13.4. The van der Waals surface area contributed by atoms with Crippen LogP contribution in [-0.2, 0) is 9.53 Å². The van der Waals surface area contributed by atoms with Crippen LogP contribution in [0.15, 0.2) is 24.3 Å². The molecule has 4 heteroatoms. The Morgan fingerprint density at radius 2 is 2.00 bits per heavy atom. The van der Waals surface area contributed by atoms with Crippen molar-refractivity contribution in [2.75, 3.05) is 23.4 Å². The number of morpholine rings is 1. The van der Waals surface area contributed by atoms with Gasteiger partial charge in [0, 0.05) is 30.4 Å². The minimum absolute atomic E-state index is 0.0751. The molecule has 1 aliphatic rings. The molecule has 1 saturated heterocycles. The summed E-state index contributed by atoms with van der Waals surface area (Å²) in [5, 5.41) is 2.94. The first-order chi connectivity index (χ1) is 9.95. The molecule has 1 fully saturated rings. The van der Waals surface area contributed by atoms with E-state index in [0.29, 0.717) is 18.4 Å². The van der Waals surface area contributed by atoms with Gasteiger partial charge in [-0.05, 0) is 44.0 Å². The molecule has 0 saturated carbocycles. The fraction of sp³-hybridized carbons (Fsp3) is 0.588. The Morgan fingerprint density at radius 1 is 1.33 bits per heavy atom. The Bertz CT molecular complexity index is 470. The van der Waals surface area contributed by atoms with E-state index in [2.05, 4.69) is 36.2 Å². The molecule has 2 atom stereocenters. The second kappa shape index (κ2) is 6.94. The third-order valence-electron chi connectivity index (χ3n) is 3.68. The van der Waals surface area contributed by atoms with Crippen molar-refractivity contribution in [1.29, 1.82) is 0 Å². The topological polar surface area (TPSA) is 41.6 Å². The number of carbonyl (C=O) groups excluding carboxylic acids is 1.